The van der Waals surface area contributed by atoms with Crippen LogP contribution in [0.2, 0.25) is 0 Å². The molecule has 1 atom stereocenters. The average molecular weight is 382 g/mol. The van der Waals surface area contributed by atoms with E-state index in [0.717, 1.165) is 71.0 Å². The minimum atomic E-state index is 0.269. The standard InChI is InChI=1S/C20H39N5O2/c1-21-20(22-11-7-12-24(2)14-15-27-3)23-18-10-13-25(16-18)19(26)17-8-5-4-6-9-17/h17-18H,4-16H2,1-3H3,(H2,21,22,23). The van der Waals surface area contributed by atoms with Gasteiger partial charge in [-0.25, -0.2) is 0 Å². The number of carbonyl (C=O) groups excluding carboxylic acids is 1. The molecule has 1 saturated heterocycles. The summed E-state index contributed by atoms with van der Waals surface area (Å²) in [7, 11) is 5.65. The first-order valence-electron chi connectivity index (χ1n) is 10.6. The number of aliphatic imine (C=N–C) groups is 1. The van der Waals surface area contributed by atoms with Crippen molar-refractivity contribution >= 4 is 11.9 Å². The summed E-state index contributed by atoms with van der Waals surface area (Å²) in [5.74, 6) is 1.48. The van der Waals surface area contributed by atoms with Crippen LogP contribution in [0.1, 0.15) is 44.9 Å². The Labute approximate surface area is 164 Å². The zero-order valence-electron chi connectivity index (χ0n) is 17.5. The predicted molar refractivity (Wildman–Crippen MR) is 110 cm³/mol. The fourth-order valence-electron chi connectivity index (χ4n) is 3.99. The number of hydrogen-bond acceptors (Lipinski definition) is 4. The smallest absolute Gasteiger partial charge is 0.225 e. The van der Waals surface area contributed by atoms with Gasteiger partial charge < -0.3 is 25.2 Å². The molecule has 27 heavy (non-hydrogen) atoms. The molecule has 0 aromatic heterocycles. The van der Waals surface area contributed by atoms with Crippen LogP contribution in [0.5, 0.6) is 0 Å². The highest BCUT2D eigenvalue weighted by Crippen LogP contribution is 2.26. The van der Waals surface area contributed by atoms with Gasteiger partial charge in [0.2, 0.25) is 5.91 Å². The Hall–Kier alpha value is -1.34. The Bertz CT molecular complexity index is 465. The zero-order valence-corrected chi connectivity index (χ0v) is 17.5. The topological polar surface area (TPSA) is 69.2 Å². The van der Waals surface area contributed by atoms with E-state index in [-0.39, 0.29) is 5.92 Å². The van der Waals surface area contributed by atoms with E-state index in [9.17, 15) is 4.79 Å². The summed E-state index contributed by atoms with van der Waals surface area (Å²) in [6, 6.07) is 0.299. The maximum absolute atomic E-state index is 12.7. The van der Waals surface area contributed by atoms with Crippen LogP contribution in [-0.2, 0) is 9.53 Å². The normalized spacial score (nSPS) is 21.7. The van der Waals surface area contributed by atoms with Crippen LogP contribution in [0.4, 0.5) is 0 Å². The highest BCUT2D eigenvalue weighted by atomic mass is 16.5. The summed E-state index contributed by atoms with van der Waals surface area (Å²) in [6.07, 6.45) is 7.92. The minimum absolute atomic E-state index is 0.269. The molecule has 1 heterocycles. The number of nitrogens with one attached hydrogen (secondary N) is 2. The number of rotatable bonds is 9. The second kappa shape index (κ2) is 12.2. The van der Waals surface area contributed by atoms with Gasteiger partial charge in [0.05, 0.1) is 6.61 Å². The molecular formula is C20H39N5O2. The Morgan fingerprint density at radius 2 is 2.00 bits per heavy atom. The Morgan fingerprint density at radius 3 is 2.70 bits per heavy atom. The molecule has 0 aromatic carbocycles. The molecule has 0 aromatic rings. The van der Waals surface area contributed by atoms with E-state index in [1.54, 1.807) is 14.2 Å². The van der Waals surface area contributed by atoms with Crippen molar-refractivity contribution in [2.45, 2.75) is 51.0 Å². The lowest BCUT2D eigenvalue weighted by Gasteiger charge is -2.26. The van der Waals surface area contributed by atoms with Crippen molar-refractivity contribution in [3.63, 3.8) is 0 Å². The van der Waals surface area contributed by atoms with E-state index in [0.29, 0.717) is 11.9 Å². The summed E-state index contributed by atoms with van der Waals surface area (Å²) < 4.78 is 5.10. The van der Waals surface area contributed by atoms with Gasteiger partial charge in [-0.05, 0) is 39.3 Å². The molecule has 1 aliphatic heterocycles. The molecule has 7 heteroatoms. The van der Waals surface area contributed by atoms with Crippen LogP contribution in [0.15, 0.2) is 4.99 Å². The molecule has 1 aliphatic carbocycles. The Morgan fingerprint density at radius 1 is 1.22 bits per heavy atom. The van der Waals surface area contributed by atoms with Crippen LogP contribution in [-0.4, -0.2) is 88.2 Å². The van der Waals surface area contributed by atoms with Crippen molar-refractivity contribution in [2.75, 3.05) is 60.5 Å². The molecule has 2 N–H and O–H groups in total. The van der Waals surface area contributed by atoms with Crippen molar-refractivity contribution in [2.24, 2.45) is 10.9 Å². The number of hydrogen-bond donors (Lipinski definition) is 2. The number of nitrogens with zero attached hydrogens (tertiary/aromatic N) is 3. The largest absolute Gasteiger partial charge is 0.383 e. The number of likely N-dealkylation sites (N-methyl/N-ethyl adjacent to an activating group) is 1. The summed E-state index contributed by atoms with van der Waals surface area (Å²) in [5.41, 5.74) is 0. The lowest BCUT2D eigenvalue weighted by molar-refractivity contribution is -0.135. The predicted octanol–water partition coefficient (Wildman–Crippen LogP) is 1.30. The highest BCUT2D eigenvalue weighted by molar-refractivity contribution is 5.81. The van der Waals surface area contributed by atoms with Crippen LogP contribution < -0.4 is 10.6 Å². The number of methoxy groups -OCH3 is 1. The molecule has 1 amide bonds. The van der Waals surface area contributed by atoms with E-state index >= 15 is 0 Å². The van der Waals surface area contributed by atoms with Crippen LogP contribution >= 0.6 is 0 Å². The van der Waals surface area contributed by atoms with E-state index in [1.807, 2.05) is 0 Å². The second-order valence-corrected chi connectivity index (χ2v) is 7.90. The fraction of sp³-hybridized carbons (Fsp3) is 0.900. The Kier molecular flexibility index (Phi) is 9.91. The lowest BCUT2D eigenvalue weighted by atomic mass is 9.88. The molecule has 2 fully saturated rings. The van der Waals surface area contributed by atoms with E-state index in [2.05, 4.69) is 32.5 Å². The summed E-state index contributed by atoms with van der Waals surface area (Å²) in [6.45, 7) is 5.31. The number of likely N-dealkylation sites (tertiary alicyclic amines) is 1. The van der Waals surface area contributed by atoms with Crippen molar-refractivity contribution in [1.82, 2.24) is 20.4 Å². The van der Waals surface area contributed by atoms with Gasteiger partial charge in [-0.3, -0.25) is 9.79 Å². The number of guanidine groups is 1. The van der Waals surface area contributed by atoms with E-state index < -0.39 is 0 Å². The van der Waals surface area contributed by atoms with Gasteiger partial charge in [-0.15, -0.1) is 0 Å². The third-order valence-corrected chi connectivity index (χ3v) is 5.70. The van der Waals surface area contributed by atoms with Crippen molar-refractivity contribution in [3.05, 3.63) is 0 Å². The van der Waals surface area contributed by atoms with Crippen molar-refractivity contribution in [1.29, 1.82) is 0 Å². The average Bonchev–Trinajstić information content (AvgIpc) is 3.17. The SMILES string of the molecule is CN=C(NCCCN(C)CCOC)NC1CCN(C(=O)C2CCCCC2)C1. The number of carbonyl (C=O) groups is 1. The monoisotopic (exact) mass is 381 g/mol. The first kappa shape index (κ1) is 22.0. The van der Waals surface area contributed by atoms with Gasteiger partial charge in [0.1, 0.15) is 0 Å². The molecule has 156 valence electrons. The molecule has 0 spiro atoms. The molecular weight excluding hydrogens is 342 g/mol. The Balaban J connectivity index is 1.64. The van der Waals surface area contributed by atoms with E-state index in [1.165, 1.54) is 19.3 Å². The molecule has 2 rings (SSSR count). The van der Waals surface area contributed by atoms with Crippen molar-refractivity contribution in [3.8, 4) is 0 Å². The zero-order chi connectivity index (χ0) is 19.5. The second-order valence-electron chi connectivity index (χ2n) is 7.90. The van der Waals surface area contributed by atoms with Gasteiger partial charge >= 0.3 is 0 Å². The third kappa shape index (κ3) is 7.66. The van der Waals surface area contributed by atoms with E-state index in [4.69, 9.17) is 4.74 Å². The fourth-order valence-corrected chi connectivity index (χ4v) is 3.99. The first-order chi connectivity index (χ1) is 13.1. The lowest BCUT2D eigenvalue weighted by Crippen LogP contribution is -2.46. The summed E-state index contributed by atoms with van der Waals surface area (Å²) in [5, 5.41) is 6.88. The van der Waals surface area contributed by atoms with Crippen molar-refractivity contribution < 1.29 is 9.53 Å². The van der Waals surface area contributed by atoms with Gasteiger partial charge in [0.15, 0.2) is 5.96 Å². The third-order valence-electron chi connectivity index (χ3n) is 5.70. The number of amides is 1. The van der Waals surface area contributed by atoms with Crippen LogP contribution in [0.3, 0.4) is 0 Å². The molecule has 2 aliphatic rings. The molecule has 1 unspecified atom stereocenters. The minimum Gasteiger partial charge on any atom is -0.383 e. The summed E-state index contributed by atoms with van der Waals surface area (Å²) >= 11 is 0. The molecule has 1 saturated carbocycles. The number of ether oxygens (including phenoxy) is 1. The first-order valence-corrected chi connectivity index (χ1v) is 10.6. The van der Waals surface area contributed by atoms with Gasteiger partial charge in [0.25, 0.3) is 0 Å². The quantitative estimate of drug-likeness (QED) is 0.358. The maximum atomic E-state index is 12.7. The van der Waals surface area contributed by atoms with Gasteiger partial charge in [-0.1, -0.05) is 19.3 Å². The molecule has 0 bridgehead atoms. The highest BCUT2D eigenvalue weighted by Gasteiger charge is 2.31. The van der Waals surface area contributed by atoms with Gasteiger partial charge in [-0.2, -0.15) is 0 Å². The van der Waals surface area contributed by atoms with Gasteiger partial charge in [0, 0.05) is 52.3 Å². The maximum Gasteiger partial charge on any atom is 0.225 e. The summed E-state index contributed by atoms with van der Waals surface area (Å²) in [4.78, 5) is 21.4. The molecule has 7 nitrogen and oxygen atoms in total. The van der Waals surface area contributed by atoms with Crippen LogP contribution in [0, 0.1) is 5.92 Å². The van der Waals surface area contributed by atoms with Crippen LogP contribution in [0.25, 0.3) is 0 Å². The molecule has 0 radical (unpaired) electrons.